The first-order valence-electron chi connectivity index (χ1n) is 7.49. The number of aliphatic hydroxyl groups is 1. The molecule has 1 atom stereocenters. The van der Waals surface area contributed by atoms with Crippen molar-refractivity contribution in [1.82, 2.24) is 4.98 Å². The summed E-state index contributed by atoms with van der Waals surface area (Å²) in [6, 6.07) is 1.05. The van der Waals surface area contributed by atoms with Crippen LogP contribution in [0.3, 0.4) is 0 Å². The summed E-state index contributed by atoms with van der Waals surface area (Å²) in [5, 5.41) is 11.9. The Morgan fingerprint density at radius 2 is 1.92 bits per heavy atom. The first kappa shape index (κ1) is 19.9. The summed E-state index contributed by atoms with van der Waals surface area (Å²) in [6.45, 7) is 3.20. The van der Waals surface area contributed by atoms with Crippen LogP contribution in [0.25, 0.3) is 11.3 Å². The quantitative estimate of drug-likeness (QED) is 0.743. The number of carbonyl (C=O) groups is 2. The fourth-order valence-corrected chi connectivity index (χ4v) is 2.93. The zero-order chi connectivity index (χ0) is 19.4. The smallest absolute Gasteiger partial charge is 0.308 e. The molecule has 0 bridgehead atoms. The maximum atomic E-state index is 13.9. The van der Waals surface area contributed by atoms with Gasteiger partial charge in [-0.05, 0) is 13.8 Å². The summed E-state index contributed by atoms with van der Waals surface area (Å²) in [5.74, 6) is -4.99. The second kappa shape index (κ2) is 8.28. The van der Waals surface area contributed by atoms with Crippen LogP contribution in [-0.2, 0) is 14.3 Å². The molecule has 2 N–H and O–H groups in total. The van der Waals surface area contributed by atoms with E-state index in [0.717, 1.165) is 11.3 Å². The third kappa shape index (κ3) is 4.58. The molecule has 140 valence electrons. The highest BCUT2D eigenvalue weighted by Crippen LogP contribution is 2.34. The van der Waals surface area contributed by atoms with Crippen molar-refractivity contribution in [2.24, 2.45) is 0 Å². The van der Waals surface area contributed by atoms with Crippen molar-refractivity contribution >= 4 is 28.3 Å². The molecule has 0 aliphatic carbocycles. The first-order valence-corrected chi connectivity index (χ1v) is 8.31. The third-order valence-corrected chi connectivity index (χ3v) is 4.12. The van der Waals surface area contributed by atoms with Crippen molar-refractivity contribution in [1.29, 1.82) is 0 Å². The van der Waals surface area contributed by atoms with Gasteiger partial charge in [0.15, 0.2) is 5.13 Å². The van der Waals surface area contributed by atoms with E-state index in [1.54, 1.807) is 6.92 Å². The average molecular weight is 388 g/mol. The van der Waals surface area contributed by atoms with Gasteiger partial charge in [0.05, 0.1) is 24.3 Å². The van der Waals surface area contributed by atoms with Gasteiger partial charge in [0.2, 0.25) is 0 Å². The number of nitrogens with zero attached hydrogens (tertiary/aromatic N) is 1. The van der Waals surface area contributed by atoms with Gasteiger partial charge in [-0.15, -0.1) is 11.3 Å². The lowest BCUT2D eigenvalue weighted by molar-refractivity contribution is -0.147. The van der Waals surface area contributed by atoms with Crippen LogP contribution in [0.2, 0.25) is 0 Å². The predicted octanol–water partition coefficient (Wildman–Crippen LogP) is 2.79. The second-order valence-corrected chi connectivity index (χ2v) is 6.39. The van der Waals surface area contributed by atoms with Gasteiger partial charge in [-0.2, -0.15) is 0 Å². The largest absolute Gasteiger partial charge is 0.466 e. The molecule has 1 aromatic carbocycles. The summed E-state index contributed by atoms with van der Waals surface area (Å²) in [4.78, 5) is 27.4. The van der Waals surface area contributed by atoms with E-state index >= 15 is 0 Å². The van der Waals surface area contributed by atoms with E-state index in [-0.39, 0.29) is 17.4 Å². The van der Waals surface area contributed by atoms with Gasteiger partial charge in [0.1, 0.15) is 23.6 Å². The van der Waals surface area contributed by atoms with Crippen molar-refractivity contribution in [3.05, 3.63) is 34.5 Å². The standard InChI is InChI=1S/C16H15F3N2O4S/c1-3-25-12(23)6-11(22)15(24)21-16-20-14(7(2)26-16)13-9(18)4-8(17)5-10(13)19/h4-5,11,22H,3,6H2,1-2H3,(H,20,21,24). The van der Waals surface area contributed by atoms with Crippen molar-refractivity contribution in [3.8, 4) is 11.3 Å². The molecular weight excluding hydrogens is 373 g/mol. The Kier molecular flexibility index (Phi) is 6.32. The van der Waals surface area contributed by atoms with Gasteiger partial charge >= 0.3 is 5.97 Å². The van der Waals surface area contributed by atoms with Gasteiger partial charge in [-0.1, -0.05) is 0 Å². The van der Waals surface area contributed by atoms with Crippen molar-refractivity contribution in [3.63, 3.8) is 0 Å². The maximum Gasteiger partial charge on any atom is 0.308 e. The molecule has 6 nitrogen and oxygen atoms in total. The lowest BCUT2D eigenvalue weighted by Gasteiger charge is -2.09. The van der Waals surface area contributed by atoms with Crippen LogP contribution in [0.4, 0.5) is 18.3 Å². The summed E-state index contributed by atoms with van der Waals surface area (Å²) in [5.41, 5.74) is -0.618. The molecule has 2 aromatic rings. The molecule has 0 fully saturated rings. The van der Waals surface area contributed by atoms with E-state index in [0.29, 0.717) is 17.0 Å². The van der Waals surface area contributed by atoms with E-state index < -0.39 is 47.4 Å². The number of nitrogens with one attached hydrogen (secondary N) is 1. The number of thiazole rings is 1. The molecule has 0 spiro atoms. The van der Waals surface area contributed by atoms with Gasteiger partial charge in [-0.25, -0.2) is 18.2 Å². The number of aromatic nitrogens is 1. The summed E-state index contributed by atoms with van der Waals surface area (Å²) in [7, 11) is 0. The van der Waals surface area contributed by atoms with E-state index in [1.807, 2.05) is 0 Å². The van der Waals surface area contributed by atoms with E-state index in [9.17, 15) is 27.9 Å². The second-order valence-electron chi connectivity index (χ2n) is 5.18. The minimum absolute atomic E-state index is 0.0338. The Balaban J connectivity index is 2.18. The molecule has 10 heteroatoms. The molecule has 0 saturated heterocycles. The highest BCUT2D eigenvalue weighted by atomic mass is 32.1. The zero-order valence-electron chi connectivity index (χ0n) is 13.8. The third-order valence-electron chi connectivity index (χ3n) is 3.24. The minimum atomic E-state index is -1.67. The summed E-state index contributed by atoms with van der Waals surface area (Å²) < 4.78 is 45.5. The first-order chi connectivity index (χ1) is 12.2. The molecular formula is C16H15F3N2O4S. The zero-order valence-corrected chi connectivity index (χ0v) is 14.6. The summed E-state index contributed by atoms with van der Waals surface area (Å²) >= 11 is 0.908. The van der Waals surface area contributed by atoms with E-state index in [2.05, 4.69) is 15.0 Å². The number of benzene rings is 1. The van der Waals surface area contributed by atoms with E-state index in [1.165, 1.54) is 6.92 Å². The van der Waals surface area contributed by atoms with Crippen molar-refractivity contribution in [2.75, 3.05) is 11.9 Å². The molecule has 0 aliphatic heterocycles. The molecule has 0 aliphatic rings. The predicted molar refractivity (Wildman–Crippen MR) is 88.0 cm³/mol. The maximum absolute atomic E-state index is 13.9. The number of aryl methyl sites for hydroxylation is 1. The van der Waals surface area contributed by atoms with Crippen LogP contribution in [0.5, 0.6) is 0 Å². The number of carbonyl (C=O) groups excluding carboxylic acids is 2. The Morgan fingerprint density at radius 3 is 2.50 bits per heavy atom. The fourth-order valence-electron chi connectivity index (χ4n) is 2.11. The molecule has 0 saturated carbocycles. The minimum Gasteiger partial charge on any atom is -0.466 e. The molecule has 26 heavy (non-hydrogen) atoms. The Labute approximate surface area is 150 Å². The van der Waals surface area contributed by atoms with Gasteiger partial charge in [0.25, 0.3) is 5.91 Å². The molecule has 1 amide bonds. The van der Waals surface area contributed by atoms with Crippen molar-refractivity contribution in [2.45, 2.75) is 26.4 Å². The monoisotopic (exact) mass is 388 g/mol. The SMILES string of the molecule is CCOC(=O)CC(O)C(=O)Nc1nc(-c2c(F)cc(F)cc2F)c(C)s1. The number of ether oxygens (including phenoxy) is 1. The Morgan fingerprint density at radius 1 is 1.31 bits per heavy atom. The van der Waals surface area contributed by atoms with Crippen LogP contribution in [0.15, 0.2) is 12.1 Å². The Bertz CT molecular complexity index is 818. The number of aliphatic hydroxyl groups excluding tert-OH is 1. The number of anilines is 1. The van der Waals surface area contributed by atoms with Crippen LogP contribution in [0.1, 0.15) is 18.2 Å². The number of halogens is 3. The van der Waals surface area contributed by atoms with Gasteiger partial charge < -0.3 is 9.84 Å². The lowest BCUT2D eigenvalue weighted by atomic mass is 10.1. The summed E-state index contributed by atoms with van der Waals surface area (Å²) in [6.07, 6.45) is -2.21. The molecule has 1 aromatic heterocycles. The molecule has 1 heterocycles. The molecule has 0 radical (unpaired) electrons. The highest BCUT2D eigenvalue weighted by molar-refractivity contribution is 7.16. The fraction of sp³-hybridized carbons (Fsp3) is 0.312. The number of hydrogen-bond acceptors (Lipinski definition) is 6. The number of rotatable bonds is 6. The van der Waals surface area contributed by atoms with Crippen LogP contribution in [-0.4, -0.2) is 34.7 Å². The molecule has 2 rings (SSSR count). The number of esters is 1. The highest BCUT2D eigenvalue weighted by Gasteiger charge is 2.23. The van der Waals surface area contributed by atoms with Crippen LogP contribution in [0, 0.1) is 24.4 Å². The average Bonchev–Trinajstić information content (AvgIpc) is 2.86. The normalized spacial score (nSPS) is 11.9. The van der Waals surface area contributed by atoms with Gasteiger partial charge in [-0.3, -0.25) is 14.9 Å². The van der Waals surface area contributed by atoms with Crippen molar-refractivity contribution < 1.29 is 32.6 Å². The number of amides is 1. The van der Waals surface area contributed by atoms with Crippen LogP contribution < -0.4 is 5.32 Å². The lowest BCUT2D eigenvalue weighted by Crippen LogP contribution is -2.30. The van der Waals surface area contributed by atoms with Gasteiger partial charge in [0, 0.05) is 17.0 Å². The topological polar surface area (TPSA) is 88.5 Å². The van der Waals surface area contributed by atoms with Crippen LogP contribution >= 0.6 is 11.3 Å². The number of hydrogen-bond donors (Lipinski definition) is 2. The Hall–Kier alpha value is -2.46. The van der Waals surface area contributed by atoms with E-state index in [4.69, 9.17) is 0 Å². The molecule has 1 unspecified atom stereocenters.